The van der Waals surface area contributed by atoms with Crippen LogP contribution in [-0.4, -0.2) is 30.4 Å². The molecule has 1 atom stereocenters. The van der Waals surface area contributed by atoms with E-state index in [4.69, 9.17) is 0 Å². The van der Waals surface area contributed by atoms with Gasteiger partial charge in [-0.3, -0.25) is 4.79 Å². The van der Waals surface area contributed by atoms with Crippen molar-refractivity contribution in [3.8, 4) is 0 Å². The maximum absolute atomic E-state index is 11.0. The first-order chi connectivity index (χ1) is 11.7. The van der Waals surface area contributed by atoms with E-state index >= 15 is 0 Å². The number of hydrogen-bond acceptors (Lipinski definition) is 4. The van der Waals surface area contributed by atoms with E-state index in [1.54, 1.807) is 0 Å². The van der Waals surface area contributed by atoms with Gasteiger partial charge in [-0.05, 0) is 12.8 Å². The van der Waals surface area contributed by atoms with Crippen LogP contribution >= 0.6 is 11.8 Å². The van der Waals surface area contributed by atoms with Crippen LogP contribution in [0.15, 0.2) is 12.2 Å². The van der Waals surface area contributed by atoms with Crippen molar-refractivity contribution in [1.29, 1.82) is 0 Å². The van der Waals surface area contributed by atoms with Gasteiger partial charge >= 0.3 is 5.97 Å². The largest absolute Gasteiger partial charge is 0.469 e. The molecule has 0 spiro atoms. The molecular formula is C20H36O3S. The van der Waals surface area contributed by atoms with Crippen molar-refractivity contribution in [3.05, 3.63) is 12.2 Å². The Morgan fingerprint density at radius 2 is 1.58 bits per heavy atom. The standard InChI is InChI=1S/C20H36O3S/c1-3-4-5-6-7-8-9-10-11-12-13-14-15-19(18-21)24-17-16-20(22)23-2/h14-15,18-19H,3-13,16-17H2,1-2H3/b15-14-. The number of aldehydes is 1. The van der Waals surface area contributed by atoms with E-state index in [1.165, 1.54) is 83.1 Å². The summed E-state index contributed by atoms with van der Waals surface area (Å²) in [5, 5.41) is -0.141. The molecule has 0 aliphatic rings. The Morgan fingerprint density at radius 3 is 2.12 bits per heavy atom. The molecule has 0 aromatic heterocycles. The number of carbonyl (C=O) groups is 2. The van der Waals surface area contributed by atoms with Crippen molar-refractivity contribution in [1.82, 2.24) is 0 Å². The summed E-state index contributed by atoms with van der Waals surface area (Å²) in [6.07, 6.45) is 19.8. The Balaban J connectivity index is 3.45. The van der Waals surface area contributed by atoms with Gasteiger partial charge in [0.15, 0.2) is 0 Å². The van der Waals surface area contributed by atoms with Crippen molar-refractivity contribution in [2.75, 3.05) is 12.9 Å². The summed E-state index contributed by atoms with van der Waals surface area (Å²) in [6.45, 7) is 2.26. The summed E-state index contributed by atoms with van der Waals surface area (Å²) in [4.78, 5) is 22.0. The lowest BCUT2D eigenvalue weighted by molar-refractivity contribution is -0.140. The average molecular weight is 357 g/mol. The van der Waals surface area contributed by atoms with Gasteiger partial charge in [0, 0.05) is 5.75 Å². The molecular weight excluding hydrogens is 320 g/mol. The molecule has 0 aromatic rings. The van der Waals surface area contributed by atoms with Crippen LogP contribution in [0, 0.1) is 0 Å². The molecule has 24 heavy (non-hydrogen) atoms. The Hall–Kier alpha value is -0.770. The fourth-order valence-corrected chi connectivity index (χ4v) is 3.36. The van der Waals surface area contributed by atoms with Crippen LogP contribution < -0.4 is 0 Å². The fourth-order valence-electron chi connectivity index (χ4n) is 2.50. The van der Waals surface area contributed by atoms with Crippen molar-refractivity contribution < 1.29 is 14.3 Å². The van der Waals surface area contributed by atoms with E-state index in [0.717, 1.165) is 12.7 Å². The number of rotatable bonds is 17. The number of hydrogen-bond donors (Lipinski definition) is 0. The first-order valence-corrected chi connectivity index (χ1v) is 10.6. The van der Waals surface area contributed by atoms with Crippen LogP contribution in [0.5, 0.6) is 0 Å². The van der Waals surface area contributed by atoms with Crippen LogP contribution in [0.4, 0.5) is 0 Å². The van der Waals surface area contributed by atoms with Gasteiger partial charge < -0.3 is 9.53 Å². The molecule has 0 rings (SSSR count). The Kier molecular flexibility index (Phi) is 18.0. The minimum atomic E-state index is -0.221. The molecule has 4 heteroatoms. The van der Waals surface area contributed by atoms with Crippen LogP contribution in [0.1, 0.15) is 84.0 Å². The Morgan fingerprint density at radius 1 is 1.00 bits per heavy atom. The van der Waals surface area contributed by atoms with E-state index in [-0.39, 0.29) is 11.2 Å². The second-order valence-electron chi connectivity index (χ2n) is 6.20. The predicted molar refractivity (Wildman–Crippen MR) is 105 cm³/mol. The van der Waals surface area contributed by atoms with Gasteiger partial charge in [0.25, 0.3) is 0 Å². The number of carbonyl (C=O) groups excluding carboxylic acids is 2. The molecule has 1 unspecified atom stereocenters. The van der Waals surface area contributed by atoms with Gasteiger partial charge in [-0.2, -0.15) is 0 Å². The van der Waals surface area contributed by atoms with Crippen LogP contribution in [-0.2, 0) is 14.3 Å². The highest BCUT2D eigenvalue weighted by molar-refractivity contribution is 8.00. The van der Waals surface area contributed by atoms with Gasteiger partial charge in [-0.1, -0.05) is 76.9 Å². The van der Waals surface area contributed by atoms with Crippen LogP contribution in [0.2, 0.25) is 0 Å². The number of methoxy groups -OCH3 is 1. The van der Waals surface area contributed by atoms with Crippen molar-refractivity contribution in [3.63, 3.8) is 0 Å². The third-order valence-electron chi connectivity index (χ3n) is 4.03. The van der Waals surface area contributed by atoms with E-state index in [2.05, 4.69) is 17.7 Å². The normalized spacial score (nSPS) is 12.4. The quantitative estimate of drug-likeness (QED) is 0.145. The summed E-state index contributed by atoms with van der Waals surface area (Å²) in [7, 11) is 1.39. The average Bonchev–Trinajstić information content (AvgIpc) is 2.60. The lowest BCUT2D eigenvalue weighted by Gasteiger charge is -2.04. The highest BCUT2D eigenvalue weighted by Crippen LogP contribution is 2.14. The topological polar surface area (TPSA) is 43.4 Å². The Bertz CT molecular complexity index is 329. The zero-order valence-electron chi connectivity index (χ0n) is 15.6. The van der Waals surface area contributed by atoms with E-state index in [1.807, 2.05) is 6.08 Å². The molecule has 140 valence electrons. The first kappa shape index (κ1) is 23.2. The monoisotopic (exact) mass is 356 g/mol. The number of esters is 1. The van der Waals surface area contributed by atoms with Crippen molar-refractivity contribution in [2.24, 2.45) is 0 Å². The van der Waals surface area contributed by atoms with Crippen molar-refractivity contribution in [2.45, 2.75) is 89.2 Å². The van der Waals surface area contributed by atoms with Crippen LogP contribution in [0.3, 0.4) is 0 Å². The molecule has 0 fully saturated rings. The zero-order valence-corrected chi connectivity index (χ0v) is 16.5. The van der Waals surface area contributed by atoms with E-state index < -0.39 is 0 Å². The number of unbranched alkanes of at least 4 members (excludes halogenated alkanes) is 10. The second-order valence-corrected chi connectivity index (χ2v) is 7.48. The molecule has 0 bridgehead atoms. The minimum Gasteiger partial charge on any atom is -0.469 e. The maximum atomic E-state index is 11.0. The summed E-state index contributed by atoms with van der Waals surface area (Å²) >= 11 is 1.49. The number of thioether (sulfide) groups is 1. The fraction of sp³-hybridized carbons (Fsp3) is 0.800. The maximum Gasteiger partial charge on any atom is 0.306 e. The lowest BCUT2D eigenvalue weighted by atomic mass is 10.1. The zero-order chi connectivity index (χ0) is 17.9. The molecule has 0 radical (unpaired) electrons. The SMILES string of the molecule is CCCCCCCCCCCC/C=C\C(C=O)SCCC(=O)OC. The molecule has 0 aliphatic carbocycles. The molecule has 3 nitrogen and oxygen atoms in total. The Labute approximate surface area is 153 Å². The molecule has 0 amide bonds. The van der Waals surface area contributed by atoms with Gasteiger partial charge in [0.1, 0.15) is 6.29 Å². The highest BCUT2D eigenvalue weighted by atomic mass is 32.2. The smallest absolute Gasteiger partial charge is 0.306 e. The van der Waals surface area contributed by atoms with Gasteiger partial charge in [-0.25, -0.2) is 0 Å². The lowest BCUT2D eigenvalue weighted by Crippen LogP contribution is -2.05. The molecule has 0 heterocycles. The minimum absolute atomic E-state index is 0.141. The molecule has 0 saturated carbocycles. The summed E-state index contributed by atoms with van der Waals surface area (Å²) in [5.41, 5.74) is 0. The van der Waals surface area contributed by atoms with E-state index in [0.29, 0.717) is 12.2 Å². The molecule has 0 N–H and O–H groups in total. The number of allylic oxidation sites excluding steroid dienone is 1. The molecule has 0 saturated heterocycles. The van der Waals surface area contributed by atoms with Crippen molar-refractivity contribution >= 4 is 24.0 Å². The number of ether oxygens (including phenoxy) is 1. The second kappa shape index (κ2) is 18.6. The van der Waals surface area contributed by atoms with Gasteiger partial charge in [0.2, 0.25) is 0 Å². The summed E-state index contributed by atoms with van der Waals surface area (Å²) in [5.74, 6) is 0.403. The van der Waals surface area contributed by atoms with Gasteiger partial charge in [-0.15, -0.1) is 11.8 Å². The third-order valence-corrected chi connectivity index (χ3v) is 5.12. The summed E-state index contributed by atoms with van der Waals surface area (Å²) < 4.78 is 4.58. The van der Waals surface area contributed by atoms with Crippen LogP contribution in [0.25, 0.3) is 0 Å². The molecule has 0 aromatic carbocycles. The summed E-state index contributed by atoms with van der Waals surface area (Å²) in [6, 6.07) is 0. The van der Waals surface area contributed by atoms with Gasteiger partial charge in [0.05, 0.1) is 18.8 Å². The third kappa shape index (κ3) is 16.1. The van der Waals surface area contributed by atoms with E-state index in [9.17, 15) is 9.59 Å². The first-order valence-electron chi connectivity index (χ1n) is 9.55. The highest BCUT2D eigenvalue weighted by Gasteiger charge is 2.05. The predicted octanol–water partition coefficient (Wildman–Crippen LogP) is 5.72. The molecule has 0 aliphatic heterocycles.